The van der Waals surface area contributed by atoms with Gasteiger partial charge in [-0.1, -0.05) is 0 Å². The highest BCUT2D eigenvalue weighted by atomic mass is 16.5. The van der Waals surface area contributed by atoms with Crippen LogP contribution in [-0.4, -0.2) is 48.4 Å². The van der Waals surface area contributed by atoms with E-state index in [1.165, 1.54) is 6.20 Å². The fraction of sp³-hybridized carbons (Fsp3) is 0.556. The lowest BCUT2D eigenvalue weighted by Crippen LogP contribution is -2.19. The smallest absolute Gasteiger partial charge is 0.354 e. The van der Waals surface area contributed by atoms with Crippen molar-refractivity contribution in [3.63, 3.8) is 0 Å². The van der Waals surface area contributed by atoms with Crippen molar-refractivity contribution in [3.8, 4) is 0 Å². The third-order valence-electron chi connectivity index (χ3n) is 1.97. The van der Waals surface area contributed by atoms with Gasteiger partial charge in [0, 0.05) is 27.7 Å². The highest BCUT2D eigenvalue weighted by Gasteiger charge is 2.16. The predicted molar refractivity (Wildman–Crippen MR) is 55.4 cm³/mol. The molecule has 0 atom stereocenters. The van der Waals surface area contributed by atoms with Crippen LogP contribution in [0.15, 0.2) is 6.20 Å². The van der Waals surface area contributed by atoms with Gasteiger partial charge >= 0.3 is 5.97 Å². The van der Waals surface area contributed by atoms with E-state index in [-0.39, 0.29) is 5.69 Å². The van der Waals surface area contributed by atoms with E-state index in [9.17, 15) is 4.79 Å². The first-order valence-corrected chi connectivity index (χ1v) is 4.53. The summed E-state index contributed by atoms with van der Waals surface area (Å²) in [4.78, 5) is 16.7. The molecule has 1 aromatic rings. The molecule has 84 valence electrons. The molecule has 0 spiro atoms. The minimum absolute atomic E-state index is 0.177. The molecule has 0 saturated heterocycles. The normalized spacial score (nSPS) is 10.3. The SMILES string of the molecule is COCCn1c(C(=O)O)cnc1N(C)C. The molecule has 0 aromatic carbocycles. The summed E-state index contributed by atoms with van der Waals surface area (Å²) in [7, 11) is 5.21. The quantitative estimate of drug-likeness (QED) is 0.761. The fourth-order valence-electron chi connectivity index (χ4n) is 1.30. The number of carboxylic acid groups (broad SMARTS) is 1. The van der Waals surface area contributed by atoms with E-state index in [1.807, 2.05) is 14.1 Å². The van der Waals surface area contributed by atoms with Crippen LogP contribution in [0.25, 0.3) is 0 Å². The Hall–Kier alpha value is -1.56. The van der Waals surface area contributed by atoms with Gasteiger partial charge < -0.3 is 19.3 Å². The number of nitrogens with zero attached hydrogens (tertiary/aromatic N) is 3. The van der Waals surface area contributed by atoms with Gasteiger partial charge in [-0.2, -0.15) is 0 Å². The van der Waals surface area contributed by atoms with Crippen molar-refractivity contribution in [3.05, 3.63) is 11.9 Å². The van der Waals surface area contributed by atoms with Gasteiger partial charge in [0.1, 0.15) is 5.69 Å². The Bertz CT molecular complexity index is 346. The van der Waals surface area contributed by atoms with Crippen LogP contribution in [0.5, 0.6) is 0 Å². The van der Waals surface area contributed by atoms with E-state index >= 15 is 0 Å². The van der Waals surface area contributed by atoms with Crippen LogP contribution < -0.4 is 4.90 Å². The monoisotopic (exact) mass is 213 g/mol. The molecule has 6 heteroatoms. The van der Waals surface area contributed by atoms with Crippen molar-refractivity contribution >= 4 is 11.9 Å². The average Bonchev–Trinajstić information content (AvgIpc) is 2.57. The largest absolute Gasteiger partial charge is 0.477 e. The summed E-state index contributed by atoms with van der Waals surface area (Å²) in [5, 5.41) is 8.94. The summed E-state index contributed by atoms with van der Waals surface area (Å²) in [6.45, 7) is 0.934. The maximum absolute atomic E-state index is 10.9. The molecule has 0 amide bonds. The van der Waals surface area contributed by atoms with Gasteiger partial charge in [-0.15, -0.1) is 0 Å². The lowest BCUT2D eigenvalue weighted by atomic mass is 10.4. The van der Waals surface area contributed by atoms with Crippen molar-refractivity contribution in [2.45, 2.75) is 6.54 Å². The Labute approximate surface area is 88.1 Å². The zero-order chi connectivity index (χ0) is 11.4. The highest BCUT2D eigenvalue weighted by molar-refractivity contribution is 5.86. The molecule has 0 aliphatic heterocycles. The average molecular weight is 213 g/mol. The van der Waals surface area contributed by atoms with Crippen LogP contribution in [-0.2, 0) is 11.3 Å². The number of rotatable bonds is 5. The number of carboxylic acids is 1. The molecule has 6 nitrogen and oxygen atoms in total. The van der Waals surface area contributed by atoms with Crippen molar-refractivity contribution in [2.24, 2.45) is 0 Å². The molecular formula is C9H15N3O3. The summed E-state index contributed by atoms with van der Waals surface area (Å²) >= 11 is 0. The number of imidazole rings is 1. The van der Waals surface area contributed by atoms with Gasteiger partial charge in [-0.25, -0.2) is 9.78 Å². The molecule has 0 aliphatic carbocycles. The van der Waals surface area contributed by atoms with Gasteiger partial charge in [-0.3, -0.25) is 0 Å². The van der Waals surface area contributed by atoms with Crippen LogP contribution in [0.3, 0.4) is 0 Å². The minimum Gasteiger partial charge on any atom is -0.477 e. The lowest BCUT2D eigenvalue weighted by Gasteiger charge is -2.14. The summed E-state index contributed by atoms with van der Waals surface area (Å²) in [5.41, 5.74) is 0.177. The zero-order valence-electron chi connectivity index (χ0n) is 9.10. The highest BCUT2D eigenvalue weighted by Crippen LogP contribution is 2.13. The number of carbonyl (C=O) groups is 1. The summed E-state index contributed by atoms with van der Waals surface area (Å²) in [6.07, 6.45) is 1.35. The number of hydrogen-bond acceptors (Lipinski definition) is 4. The van der Waals surface area contributed by atoms with Crippen LogP contribution in [0.4, 0.5) is 5.95 Å². The zero-order valence-corrected chi connectivity index (χ0v) is 9.10. The Morgan fingerprint density at radius 3 is 2.80 bits per heavy atom. The van der Waals surface area contributed by atoms with Crippen LogP contribution >= 0.6 is 0 Å². The van der Waals surface area contributed by atoms with Crippen molar-refractivity contribution in [2.75, 3.05) is 32.7 Å². The van der Waals surface area contributed by atoms with E-state index in [2.05, 4.69) is 4.98 Å². The molecule has 1 aromatic heterocycles. The fourth-order valence-corrected chi connectivity index (χ4v) is 1.30. The van der Waals surface area contributed by atoms with E-state index in [4.69, 9.17) is 9.84 Å². The van der Waals surface area contributed by atoms with Crippen molar-refractivity contribution in [1.82, 2.24) is 9.55 Å². The first kappa shape index (κ1) is 11.5. The van der Waals surface area contributed by atoms with Crippen molar-refractivity contribution in [1.29, 1.82) is 0 Å². The number of hydrogen-bond donors (Lipinski definition) is 1. The molecule has 15 heavy (non-hydrogen) atoms. The topological polar surface area (TPSA) is 67.6 Å². The first-order valence-electron chi connectivity index (χ1n) is 4.53. The van der Waals surface area contributed by atoms with E-state index < -0.39 is 5.97 Å². The second-order valence-corrected chi connectivity index (χ2v) is 3.29. The molecule has 0 aliphatic rings. The number of aromatic nitrogens is 2. The van der Waals surface area contributed by atoms with Crippen LogP contribution in [0.1, 0.15) is 10.5 Å². The van der Waals surface area contributed by atoms with Gasteiger partial charge in [0.25, 0.3) is 0 Å². The lowest BCUT2D eigenvalue weighted by molar-refractivity contribution is 0.0683. The standard InChI is InChI=1S/C9H15N3O3/c1-11(2)9-10-6-7(8(13)14)12(9)4-5-15-3/h6H,4-5H2,1-3H3,(H,13,14). The molecule has 0 fully saturated rings. The maximum Gasteiger partial charge on any atom is 0.354 e. The molecule has 0 radical (unpaired) electrons. The Kier molecular flexibility index (Phi) is 3.68. The molecular weight excluding hydrogens is 198 g/mol. The van der Waals surface area contributed by atoms with Gasteiger partial charge in [0.15, 0.2) is 0 Å². The molecule has 0 bridgehead atoms. The second-order valence-electron chi connectivity index (χ2n) is 3.29. The van der Waals surface area contributed by atoms with Crippen LogP contribution in [0.2, 0.25) is 0 Å². The number of anilines is 1. The van der Waals surface area contributed by atoms with E-state index in [1.54, 1.807) is 16.6 Å². The maximum atomic E-state index is 10.9. The molecule has 1 N–H and O–H groups in total. The third kappa shape index (κ3) is 2.47. The summed E-state index contributed by atoms with van der Waals surface area (Å²) < 4.78 is 6.54. The molecule has 0 saturated carbocycles. The number of aromatic carboxylic acids is 1. The van der Waals surface area contributed by atoms with E-state index in [0.717, 1.165) is 0 Å². The van der Waals surface area contributed by atoms with Crippen molar-refractivity contribution < 1.29 is 14.6 Å². The number of ether oxygens (including phenoxy) is 1. The van der Waals surface area contributed by atoms with E-state index in [0.29, 0.717) is 19.1 Å². The summed E-state index contributed by atoms with van der Waals surface area (Å²) in [6, 6.07) is 0. The predicted octanol–water partition coefficient (Wildman–Crippen LogP) is 0.294. The third-order valence-corrected chi connectivity index (χ3v) is 1.97. The molecule has 1 heterocycles. The first-order chi connectivity index (χ1) is 7.07. The Balaban J connectivity index is 3.03. The number of methoxy groups -OCH3 is 1. The Morgan fingerprint density at radius 2 is 2.33 bits per heavy atom. The van der Waals surface area contributed by atoms with Gasteiger partial charge in [0.2, 0.25) is 5.95 Å². The molecule has 0 unspecified atom stereocenters. The van der Waals surface area contributed by atoms with Gasteiger partial charge in [-0.05, 0) is 0 Å². The van der Waals surface area contributed by atoms with Gasteiger partial charge in [0.05, 0.1) is 12.8 Å². The minimum atomic E-state index is -0.980. The second kappa shape index (κ2) is 4.79. The Morgan fingerprint density at radius 1 is 1.67 bits per heavy atom. The van der Waals surface area contributed by atoms with Crippen LogP contribution in [0, 0.1) is 0 Å². The summed E-state index contributed by atoms with van der Waals surface area (Å²) in [5.74, 6) is -0.365. The molecule has 1 rings (SSSR count).